The predicted octanol–water partition coefficient (Wildman–Crippen LogP) is 2.22. The van der Waals surface area contributed by atoms with Crippen LogP contribution in [0.2, 0.25) is 0 Å². The number of para-hydroxylation sites is 1. The zero-order chi connectivity index (χ0) is 19.2. The number of nitrogens with zero attached hydrogens (tertiary/aromatic N) is 6. The van der Waals surface area contributed by atoms with Crippen molar-refractivity contribution in [3.8, 4) is 0 Å². The van der Waals surface area contributed by atoms with Crippen molar-refractivity contribution in [2.45, 2.75) is 13.0 Å². The number of rotatable bonds is 5. The lowest BCUT2D eigenvalue weighted by atomic mass is 10.2. The van der Waals surface area contributed by atoms with E-state index in [1.807, 2.05) is 13.1 Å². The van der Waals surface area contributed by atoms with Gasteiger partial charge in [-0.3, -0.25) is 4.99 Å². The normalized spacial score (nSPS) is 15.2. The molecule has 3 aromatic rings. The molecule has 146 valence electrons. The molecule has 4 rings (SSSR count). The molecule has 0 aliphatic carbocycles. The molecule has 1 fully saturated rings. The monoisotopic (exact) mass is 377 g/mol. The fraction of sp³-hybridized carbons (Fsp3) is 0.381. The second-order valence-electron chi connectivity index (χ2n) is 6.92. The minimum absolute atomic E-state index is 0.809. The summed E-state index contributed by atoms with van der Waals surface area (Å²) in [5.74, 6) is 1.79. The number of piperazine rings is 1. The summed E-state index contributed by atoms with van der Waals surface area (Å²) in [6, 6.07) is 12.5. The van der Waals surface area contributed by atoms with Crippen molar-refractivity contribution in [2.24, 2.45) is 4.99 Å². The third-order valence-electron chi connectivity index (χ3n) is 5.17. The highest BCUT2D eigenvalue weighted by Crippen LogP contribution is 2.15. The molecule has 1 N–H and O–H groups in total. The zero-order valence-corrected chi connectivity index (χ0v) is 16.3. The van der Waals surface area contributed by atoms with Crippen LogP contribution in [0.1, 0.15) is 6.42 Å². The van der Waals surface area contributed by atoms with E-state index in [-0.39, 0.29) is 0 Å². The summed E-state index contributed by atoms with van der Waals surface area (Å²) in [5.41, 5.74) is 1.30. The van der Waals surface area contributed by atoms with Crippen LogP contribution in [0.5, 0.6) is 0 Å². The number of hydrogen-bond acceptors (Lipinski definition) is 4. The van der Waals surface area contributed by atoms with Crippen LogP contribution in [0.3, 0.4) is 0 Å². The molecule has 1 saturated heterocycles. The van der Waals surface area contributed by atoms with Gasteiger partial charge in [0.25, 0.3) is 0 Å². The molecule has 0 radical (unpaired) electrons. The Morgan fingerprint density at radius 1 is 1.04 bits per heavy atom. The van der Waals surface area contributed by atoms with Crippen LogP contribution in [-0.2, 0) is 6.54 Å². The number of aryl methyl sites for hydroxylation is 1. The molecule has 7 nitrogen and oxygen atoms in total. The summed E-state index contributed by atoms with van der Waals surface area (Å²) in [6.07, 6.45) is 6.81. The van der Waals surface area contributed by atoms with E-state index in [0.717, 1.165) is 57.6 Å². The van der Waals surface area contributed by atoms with Crippen LogP contribution in [0.15, 0.2) is 60.0 Å². The van der Waals surface area contributed by atoms with Crippen molar-refractivity contribution in [3.05, 3.63) is 55.0 Å². The number of hydrogen-bond donors (Lipinski definition) is 1. The van der Waals surface area contributed by atoms with E-state index in [0.29, 0.717) is 0 Å². The molecule has 0 unspecified atom stereocenters. The molecule has 0 amide bonds. The van der Waals surface area contributed by atoms with Crippen LogP contribution >= 0.6 is 0 Å². The summed E-state index contributed by atoms with van der Waals surface area (Å²) in [4.78, 5) is 17.7. The highest BCUT2D eigenvalue weighted by molar-refractivity contribution is 5.80. The first-order valence-electron chi connectivity index (χ1n) is 9.86. The molecule has 2 aromatic heterocycles. The first-order chi connectivity index (χ1) is 13.8. The first kappa shape index (κ1) is 18.3. The molecule has 0 atom stereocenters. The van der Waals surface area contributed by atoms with Gasteiger partial charge in [-0.2, -0.15) is 0 Å². The highest BCUT2D eigenvalue weighted by atomic mass is 15.4. The van der Waals surface area contributed by atoms with Gasteiger partial charge >= 0.3 is 0 Å². The number of fused-ring (bicyclic) bond motifs is 1. The molecule has 1 aromatic carbocycles. The molecule has 0 spiro atoms. The standard InChI is InChI=1S/C21H27N7/c1-22-20(27-14-16-28(17-15-27)21-24-9-4-10-25-21)23-11-5-12-26-13-8-18-6-2-3-7-19(18)26/h2-4,6-10,13H,5,11-12,14-17H2,1H3,(H,22,23). The Morgan fingerprint density at radius 3 is 2.61 bits per heavy atom. The second-order valence-corrected chi connectivity index (χ2v) is 6.92. The Morgan fingerprint density at radius 2 is 1.82 bits per heavy atom. The average molecular weight is 377 g/mol. The van der Waals surface area contributed by atoms with Gasteiger partial charge in [-0.15, -0.1) is 0 Å². The first-order valence-corrected chi connectivity index (χ1v) is 9.86. The number of nitrogens with one attached hydrogen (secondary N) is 1. The number of guanidine groups is 1. The Hall–Kier alpha value is -3.09. The Balaban J connectivity index is 1.24. The van der Waals surface area contributed by atoms with E-state index in [1.54, 1.807) is 12.4 Å². The molecule has 7 heteroatoms. The fourth-order valence-corrected chi connectivity index (χ4v) is 3.69. The lowest BCUT2D eigenvalue weighted by Gasteiger charge is -2.36. The van der Waals surface area contributed by atoms with Crippen molar-refractivity contribution in [1.29, 1.82) is 0 Å². The average Bonchev–Trinajstić information content (AvgIpc) is 3.18. The number of aromatic nitrogens is 3. The van der Waals surface area contributed by atoms with Crippen molar-refractivity contribution < 1.29 is 0 Å². The number of benzene rings is 1. The molecule has 1 aliphatic rings. The summed E-state index contributed by atoms with van der Waals surface area (Å²) in [7, 11) is 1.86. The SMILES string of the molecule is CN=C(NCCCn1ccc2ccccc21)N1CCN(c2ncccn2)CC1. The van der Waals surface area contributed by atoms with E-state index >= 15 is 0 Å². The predicted molar refractivity (Wildman–Crippen MR) is 114 cm³/mol. The maximum Gasteiger partial charge on any atom is 0.225 e. The molecular weight excluding hydrogens is 350 g/mol. The van der Waals surface area contributed by atoms with Crippen LogP contribution in [-0.4, -0.2) is 65.2 Å². The topological polar surface area (TPSA) is 61.6 Å². The molecule has 1 aliphatic heterocycles. The van der Waals surface area contributed by atoms with E-state index < -0.39 is 0 Å². The zero-order valence-electron chi connectivity index (χ0n) is 16.3. The number of anilines is 1. The summed E-state index contributed by atoms with van der Waals surface area (Å²) >= 11 is 0. The van der Waals surface area contributed by atoms with E-state index in [1.165, 1.54) is 10.9 Å². The third kappa shape index (κ3) is 4.08. The number of aliphatic imine (C=N–C) groups is 1. The van der Waals surface area contributed by atoms with Gasteiger partial charge in [0, 0.05) is 70.4 Å². The van der Waals surface area contributed by atoms with Crippen LogP contribution < -0.4 is 10.2 Å². The van der Waals surface area contributed by atoms with Crippen LogP contribution in [0, 0.1) is 0 Å². The molecular formula is C21H27N7. The Kier molecular flexibility index (Phi) is 5.70. The largest absolute Gasteiger partial charge is 0.356 e. The van der Waals surface area contributed by atoms with E-state index in [9.17, 15) is 0 Å². The summed E-state index contributed by atoms with van der Waals surface area (Å²) in [6.45, 7) is 5.54. The maximum atomic E-state index is 4.47. The fourth-order valence-electron chi connectivity index (χ4n) is 3.69. The highest BCUT2D eigenvalue weighted by Gasteiger charge is 2.20. The molecule has 0 bridgehead atoms. The van der Waals surface area contributed by atoms with Gasteiger partial charge in [-0.25, -0.2) is 9.97 Å². The molecule has 3 heterocycles. The smallest absolute Gasteiger partial charge is 0.225 e. The van der Waals surface area contributed by atoms with Gasteiger partial charge in [-0.05, 0) is 30.0 Å². The van der Waals surface area contributed by atoms with Gasteiger partial charge in [0.05, 0.1) is 0 Å². The van der Waals surface area contributed by atoms with Crippen molar-refractivity contribution >= 4 is 22.8 Å². The third-order valence-corrected chi connectivity index (χ3v) is 5.17. The second kappa shape index (κ2) is 8.73. The van der Waals surface area contributed by atoms with Gasteiger partial charge < -0.3 is 19.7 Å². The summed E-state index contributed by atoms with van der Waals surface area (Å²) in [5, 5.41) is 4.81. The quantitative estimate of drug-likeness (QED) is 0.420. The lowest BCUT2D eigenvalue weighted by Crippen LogP contribution is -2.53. The maximum absolute atomic E-state index is 4.47. The van der Waals surface area contributed by atoms with Gasteiger partial charge in [0.15, 0.2) is 5.96 Å². The van der Waals surface area contributed by atoms with Gasteiger partial charge in [0.1, 0.15) is 0 Å². The van der Waals surface area contributed by atoms with Crippen LogP contribution in [0.25, 0.3) is 10.9 Å². The van der Waals surface area contributed by atoms with E-state index in [2.05, 4.69) is 71.2 Å². The lowest BCUT2D eigenvalue weighted by molar-refractivity contribution is 0.369. The van der Waals surface area contributed by atoms with Crippen molar-refractivity contribution in [3.63, 3.8) is 0 Å². The van der Waals surface area contributed by atoms with Gasteiger partial charge in [-0.1, -0.05) is 18.2 Å². The Labute approximate surface area is 165 Å². The van der Waals surface area contributed by atoms with Gasteiger partial charge in [0.2, 0.25) is 5.95 Å². The van der Waals surface area contributed by atoms with Crippen molar-refractivity contribution in [1.82, 2.24) is 24.8 Å². The van der Waals surface area contributed by atoms with E-state index in [4.69, 9.17) is 0 Å². The minimum Gasteiger partial charge on any atom is -0.356 e. The molecule has 28 heavy (non-hydrogen) atoms. The minimum atomic E-state index is 0.809. The summed E-state index contributed by atoms with van der Waals surface area (Å²) < 4.78 is 2.32. The molecule has 0 saturated carbocycles. The van der Waals surface area contributed by atoms with Crippen LogP contribution in [0.4, 0.5) is 5.95 Å². The Bertz CT molecular complexity index is 911. The van der Waals surface area contributed by atoms with Crippen molar-refractivity contribution in [2.75, 3.05) is 44.7 Å².